The van der Waals surface area contributed by atoms with Gasteiger partial charge in [-0.15, -0.1) is 0 Å². The van der Waals surface area contributed by atoms with Gasteiger partial charge in [0.1, 0.15) is 18.5 Å². The summed E-state index contributed by atoms with van der Waals surface area (Å²) in [6.45, 7) is 0.120. The maximum Gasteiger partial charge on any atom is 0.322 e. The van der Waals surface area contributed by atoms with Crippen molar-refractivity contribution in [1.29, 1.82) is 0 Å². The second-order valence-corrected chi connectivity index (χ2v) is 6.16. The smallest absolute Gasteiger partial charge is 0.322 e. The van der Waals surface area contributed by atoms with Gasteiger partial charge in [-0.2, -0.15) is 0 Å². The molecule has 1 saturated heterocycles. The summed E-state index contributed by atoms with van der Waals surface area (Å²) in [5, 5.41) is 3.27. The number of benzene rings is 2. The Kier molecular flexibility index (Phi) is 5.73. The van der Waals surface area contributed by atoms with E-state index in [0.717, 1.165) is 18.4 Å². The summed E-state index contributed by atoms with van der Waals surface area (Å²) in [6.07, 6.45) is 1.56. The molecule has 1 fully saturated rings. The summed E-state index contributed by atoms with van der Waals surface area (Å²) in [6, 6.07) is 11.9. The third kappa shape index (κ3) is 3.96. The molecule has 2 aromatic rings. The third-order valence-corrected chi connectivity index (χ3v) is 4.56. The van der Waals surface area contributed by atoms with Gasteiger partial charge in [-0.3, -0.25) is 10.1 Å². The van der Waals surface area contributed by atoms with Crippen LogP contribution in [-0.4, -0.2) is 26.2 Å². The highest BCUT2D eigenvalue weighted by atomic mass is 19.1. The van der Waals surface area contributed by atoms with E-state index in [0.29, 0.717) is 17.1 Å². The van der Waals surface area contributed by atoms with Crippen LogP contribution in [0.5, 0.6) is 11.5 Å². The molecule has 0 aromatic heterocycles. The predicted molar refractivity (Wildman–Crippen MR) is 94.6 cm³/mol. The molecule has 6 heteroatoms. The Hall–Kier alpha value is -2.60. The minimum Gasteiger partial charge on any atom is -0.493 e. The fraction of sp³-hybridized carbons (Fsp3) is 0.350. The van der Waals surface area contributed by atoms with Crippen LogP contribution < -0.4 is 14.8 Å². The fourth-order valence-corrected chi connectivity index (χ4v) is 3.13. The van der Waals surface area contributed by atoms with Crippen molar-refractivity contribution in [3.63, 3.8) is 0 Å². The van der Waals surface area contributed by atoms with E-state index >= 15 is 0 Å². The van der Waals surface area contributed by atoms with Gasteiger partial charge in [-0.25, -0.2) is 4.39 Å². The number of carbonyl (C=O) groups excluding carboxylic acids is 1. The molecule has 1 N–H and O–H groups in total. The fourth-order valence-electron chi connectivity index (χ4n) is 3.13. The second kappa shape index (κ2) is 8.19. The van der Waals surface area contributed by atoms with Crippen LogP contribution in [0.4, 0.5) is 4.39 Å². The lowest BCUT2D eigenvalue weighted by molar-refractivity contribution is -0.142. The standard InChI is InChI=1S/C20H22FNO4/c1-24-19-11-13(16-8-9-17(22-16)20(23)25-2)7-10-18(19)26-12-14-5-3-4-6-15(14)21/h3-7,10-11,16-17,22H,8-9,12H2,1-2H3/t16-,17+/m1/s1. The van der Waals surface area contributed by atoms with Crippen LogP contribution in [0, 0.1) is 5.82 Å². The number of carbonyl (C=O) groups is 1. The third-order valence-electron chi connectivity index (χ3n) is 4.56. The van der Waals surface area contributed by atoms with Crippen molar-refractivity contribution in [1.82, 2.24) is 5.32 Å². The van der Waals surface area contributed by atoms with Crippen LogP contribution in [0.2, 0.25) is 0 Å². The molecule has 26 heavy (non-hydrogen) atoms. The first kappa shape index (κ1) is 18.2. The Labute approximate surface area is 152 Å². The molecular formula is C20H22FNO4. The topological polar surface area (TPSA) is 56.8 Å². The molecular weight excluding hydrogens is 337 g/mol. The van der Waals surface area contributed by atoms with Crippen molar-refractivity contribution in [2.24, 2.45) is 0 Å². The number of nitrogens with one attached hydrogen (secondary N) is 1. The van der Waals surface area contributed by atoms with E-state index in [1.807, 2.05) is 18.2 Å². The van der Waals surface area contributed by atoms with Crippen molar-refractivity contribution in [2.75, 3.05) is 14.2 Å². The molecule has 0 radical (unpaired) electrons. The summed E-state index contributed by atoms with van der Waals surface area (Å²) in [5.74, 6) is 0.570. The van der Waals surface area contributed by atoms with Gasteiger partial charge < -0.3 is 14.2 Å². The zero-order chi connectivity index (χ0) is 18.5. The molecule has 2 atom stereocenters. The van der Waals surface area contributed by atoms with Gasteiger partial charge in [0.25, 0.3) is 0 Å². The van der Waals surface area contributed by atoms with E-state index in [1.54, 1.807) is 25.3 Å². The zero-order valence-corrected chi connectivity index (χ0v) is 14.8. The van der Waals surface area contributed by atoms with E-state index in [4.69, 9.17) is 14.2 Å². The molecule has 0 saturated carbocycles. The highest BCUT2D eigenvalue weighted by molar-refractivity contribution is 5.76. The maximum atomic E-state index is 13.7. The van der Waals surface area contributed by atoms with Crippen LogP contribution in [0.15, 0.2) is 42.5 Å². The Bertz CT molecular complexity index is 780. The van der Waals surface area contributed by atoms with Crippen molar-refractivity contribution in [2.45, 2.75) is 31.5 Å². The van der Waals surface area contributed by atoms with Crippen molar-refractivity contribution in [3.8, 4) is 11.5 Å². The summed E-state index contributed by atoms with van der Waals surface area (Å²) in [5.41, 5.74) is 1.49. The summed E-state index contributed by atoms with van der Waals surface area (Å²) in [7, 11) is 2.95. The SMILES string of the molecule is COC(=O)[C@@H]1CC[C@H](c2ccc(OCc3ccccc3F)c(OC)c2)N1. The summed E-state index contributed by atoms with van der Waals surface area (Å²) < 4.78 is 29.7. The lowest BCUT2D eigenvalue weighted by Gasteiger charge is -2.16. The molecule has 2 aromatic carbocycles. The van der Waals surface area contributed by atoms with Gasteiger partial charge in [0.2, 0.25) is 0 Å². The normalized spacial score (nSPS) is 19.2. The van der Waals surface area contributed by atoms with Gasteiger partial charge in [0.15, 0.2) is 11.5 Å². The number of methoxy groups -OCH3 is 2. The molecule has 138 valence electrons. The summed E-state index contributed by atoms with van der Waals surface area (Å²) >= 11 is 0. The van der Waals surface area contributed by atoms with E-state index in [2.05, 4.69) is 5.32 Å². The van der Waals surface area contributed by atoms with Gasteiger partial charge in [-0.05, 0) is 36.6 Å². The molecule has 1 heterocycles. The van der Waals surface area contributed by atoms with Crippen LogP contribution in [0.25, 0.3) is 0 Å². The molecule has 1 aliphatic heterocycles. The van der Waals surface area contributed by atoms with E-state index in [1.165, 1.54) is 13.2 Å². The monoisotopic (exact) mass is 359 g/mol. The Morgan fingerprint density at radius 1 is 1.15 bits per heavy atom. The van der Waals surface area contributed by atoms with Gasteiger partial charge in [-0.1, -0.05) is 24.3 Å². The largest absolute Gasteiger partial charge is 0.493 e. The molecule has 5 nitrogen and oxygen atoms in total. The predicted octanol–water partition coefficient (Wildman–Crippen LogP) is 3.38. The number of halogens is 1. The van der Waals surface area contributed by atoms with Gasteiger partial charge in [0, 0.05) is 11.6 Å². The van der Waals surface area contributed by atoms with Crippen molar-refractivity contribution >= 4 is 5.97 Å². The molecule has 0 amide bonds. The zero-order valence-electron chi connectivity index (χ0n) is 14.8. The lowest BCUT2D eigenvalue weighted by atomic mass is 10.0. The maximum absolute atomic E-state index is 13.7. The quantitative estimate of drug-likeness (QED) is 0.802. The van der Waals surface area contributed by atoms with Crippen molar-refractivity contribution < 1.29 is 23.4 Å². The van der Waals surface area contributed by atoms with E-state index in [9.17, 15) is 9.18 Å². The highest BCUT2D eigenvalue weighted by Gasteiger charge is 2.30. The minimum atomic E-state index is -0.299. The Morgan fingerprint density at radius 3 is 2.69 bits per heavy atom. The molecule has 0 spiro atoms. The number of hydrogen-bond donors (Lipinski definition) is 1. The number of rotatable bonds is 6. The van der Waals surface area contributed by atoms with Crippen LogP contribution in [-0.2, 0) is 16.1 Å². The second-order valence-electron chi connectivity index (χ2n) is 6.16. The van der Waals surface area contributed by atoms with E-state index < -0.39 is 0 Å². The molecule has 3 rings (SSSR count). The first-order valence-corrected chi connectivity index (χ1v) is 8.50. The molecule has 1 aliphatic rings. The average Bonchev–Trinajstić information content (AvgIpc) is 3.17. The molecule has 0 bridgehead atoms. The first-order valence-electron chi connectivity index (χ1n) is 8.50. The van der Waals surface area contributed by atoms with E-state index in [-0.39, 0.29) is 30.5 Å². The number of hydrogen-bond acceptors (Lipinski definition) is 5. The summed E-state index contributed by atoms with van der Waals surface area (Å²) in [4.78, 5) is 11.7. The molecule has 0 aliphatic carbocycles. The highest BCUT2D eigenvalue weighted by Crippen LogP contribution is 2.34. The van der Waals surface area contributed by atoms with Crippen LogP contribution in [0.1, 0.15) is 30.0 Å². The Morgan fingerprint density at radius 2 is 1.96 bits per heavy atom. The van der Waals surface area contributed by atoms with Gasteiger partial charge >= 0.3 is 5.97 Å². The van der Waals surface area contributed by atoms with Crippen molar-refractivity contribution in [3.05, 3.63) is 59.4 Å². The first-order chi connectivity index (χ1) is 12.6. The number of ether oxygens (including phenoxy) is 3. The van der Waals surface area contributed by atoms with Crippen LogP contribution in [0.3, 0.4) is 0 Å². The lowest BCUT2D eigenvalue weighted by Crippen LogP contribution is -2.33. The van der Waals surface area contributed by atoms with Crippen LogP contribution >= 0.6 is 0 Å². The minimum absolute atomic E-state index is 0.0496. The molecule has 0 unspecified atom stereocenters. The Balaban J connectivity index is 1.70. The average molecular weight is 359 g/mol. The number of esters is 1. The van der Waals surface area contributed by atoms with Gasteiger partial charge in [0.05, 0.1) is 14.2 Å².